The third-order valence-corrected chi connectivity index (χ3v) is 6.05. The van der Waals surface area contributed by atoms with Crippen LogP contribution in [-0.4, -0.2) is 0 Å². The van der Waals surface area contributed by atoms with Gasteiger partial charge in [-0.3, -0.25) is 0 Å². The van der Waals surface area contributed by atoms with Crippen LogP contribution in [0.25, 0.3) is 0 Å². The Morgan fingerprint density at radius 2 is 1.50 bits per heavy atom. The zero-order valence-electron chi connectivity index (χ0n) is 16.4. The molecule has 0 heterocycles. The van der Waals surface area contributed by atoms with Gasteiger partial charge in [-0.25, -0.2) is 17.6 Å². The van der Waals surface area contributed by atoms with Crippen LogP contribution in [0.15, 0.2) is 30.3 Å². The van der Waals surface area contributed by atoms with Crippen LogP contribution in [-0.2, 0) is 6.42 Å². The van der Waals surface area contributed by atoms with Gasteiger partial charge in [-0.05, 0) is 72.4 Å². The van der Waals surface area contributed by atoms with E-state index in [0.29, 0.717) is 11.5 Å². The van der Waals surface area contributed by atoms with Crippen molar-refractivity contribution in [2.75, 3.05) is 0 Å². The van der Waals surface area contributed by atoms with Gasteiger partial charge in [0.15, 0.2) is 17.5 Å². The SMILES string of the molecule is CCCCCC1CCC(c2ccc(Cc3cc(F)c(F)c(F)c3)c(F)c2)CC1. The van der Waals surface area contributed by atoms with Gasteiger partial charge in [-0.1, -0.05) is 44.7 Å². The van der Waals surface area contributed by atoms with E-state index in [1.807, 2.05) is 6.07 Å². The molecule has 0 unspecified atom stereocenters. The van der Waals surface area contributed by atoms with Crippen LogP contribution in [0.5, 0.6) is 0 Å². The van der Waals surface area contributed by atoms with Crippen molar-refractivity contribution in [3.8, 4) is 0 Å². The van der Waals surface area contributed by atoms with Crippen molar-refractivity contribution in [2.45, 2.75) is 70.6 Å². The molecule has 0 bridgehead atoms. The second-order valence-electron chi connectivity index (χ2n) is 8.11. The second-order valence-corrected chi connectivity index (χ2v) is 8.11. The predicted molar refractivity (Wildman–Crippen MR) is 104 cm³/mol. The molecule has 0 aliphatic heterocycles. The minimum absolute atomic E-state index is 0.0321. The Morgan fingerprint density at radius 1 is 0.821 bits per heavy atom. The lowest BCUT2D eigenvalue weighted by molar-refractivity contribution is 0.302. The molecule has 28 heavy (non-hydrogen) atoms. The highest BCUT2D eigenvalue weighted by Crippen LogP contribution is 2.38. The van der Waals surface area contributed by atoms with Crippen LogP contribution < -0.4 is 0 Å². The average Bonchev–Trinajstić information content (AvgIpc) is 2.68. The summed E-state index contributed by atoms with van der Waals surface area (Å²) in [5, 5.41) is 0. The summed E-state index contributed by atoms with van der Waals surface area (Å²) >= 11 is 0. The van der Waals surface area contributed by atoms with Gasteiger partial charge in [0.1, 0.15) is 5.82 Å². The Balaban J connectivity index is 1.62. The second kappa shape index (κ2) is 9.58. The summed E-state index contributed by atoms with van der Waals surface area (Å²) in [5.74, 6) is -3.18. The topological polar surface area (TPSA) is 0 Å². The fourth-order valence-electron chi connectivity index (χ4n) is 4.36. The van der Waals surface area contributed by atoms with Crippen LogP contribution in [0.3, 0.4) is 0 Å². The van der Waals surface area contributed by atoms with Gasteiger partial charge in [0.05, 0.1) is 0 Å². The van der Waals surface area contributed by atoms with E-state index in [9.17, 15) is 17.6 Å². The minimum Gasteiger partial charge on any atom is -0.207 e. The molecule has 3 rings (SSSR count). The summed E-state index contributed by atoms with van der Waals surface area (Å²) in [6, 6.07) is 7.03. The van der Waals surface area contributed by atoms with Gasteiger partial charge in [0.25, 0.3) is 0 Å². The molecular formula is C24H28F4. The van der Waals surface area contributed by atoms with E-state index in [-0.39, 0.29) is 17.8 Å². The van der Waals surface area contributed by atoms with Gasteiger partial charge >= 0.3 is 0 Å². The third-order valence-electron chi connectivity index (χ3n) is 6.05. The Hall–Kier alpha value is -1.84. The van der Waals surface area contributed by atoms with Crippen molar-refractivity contribution in [2.24, 2.45) is 5.92 Å². The van der Waals surface area contributed by atoms with Crippen molar-refractivity contribution in [1.82, 2.24) is 0 Å². The van der Waals surface area contributed by atoms with E-state index in [4.69, 9.17) is 0 Å². The molecule has 1 saturated carbocycles. The highest BCUT2D eigenvalue weighted by molar-refractivity contribution is 5.32. The minimum atomic E-state index is -1.50. The average molecular weight is 392 g/mol. The van der Waals surface area contributed by atoms with Crippen LogP contribution in [0.1, 0.15) is 80.9 Å². The molecule has 0 radical (unpaired) electrons. The lowest BCUT2D eigenvalue weighted by Crippen LogP contribution is -2.13. The molecule has 0 N–H and O–H groups in total. The molecule has 0 atom stereocenters. The summed E-state index contributed by atoms with van der Waals surface area (Å²) in [4.78, 5) is 0. The lowest BCUT2D eigenvalue weighted by Gasteiger charge is -2.29. The van der Waals surface area contributed by atoms with Gasteiger partial charge in [0, 0.05) is 6.42 Å². The molecular weight excluding hydrogens is 364 g/mol. The summed E-state index contributed by atoms with van der Waals surface area (Å²) in [6.45, 7) is 2.22. The Labute approximate surface area is 165 Å². The standard InChI is InChI=1S/C24H28F4/c1-2-3-4-5-16-6-8-18(9-7-16)19-10-11-20(21(25)15-19)12-17-13-22(26)24(28)23(27)14-17/h10-11,13-16,18H,2-9,12H2,1H3. The fourth-order valence-corrected chi connectivity index (χ4v) is 4.36. The van der Waals surface area contributed by atoms with E-state index in [0.717, 1.165) is 36.5 Å². The summed E-state index contributed by atoms with van der Waals surface area (Å²) in [7, 11) is 0. The zero-order valence-corrected chi connectivity index (χ0v) is 16.4. The van der Waals surface area contributed by atoms with Crippen LogP contribution in [0.4, 0.5) is 17.6 Å². The Bertz CT molecular complexity index is 768. The van der Waals surface area contributed by atoms with Gasteiger partial charge in [0.2, 0.25) is 0 Å². The molecule has 1 aliphatic rings. The van der Waals surface area contributed by atoms with Crippen molar-refractivity contribution in [3.05, 3.63) is 70.3 Å². The molecule has 0 saturated heterocycles. The van der Waals surface area contributed by atoms with E-state index < -0.39 is 17.5 Å². The van der Waals surface area contributed by atoms with E-state index in [1.165, 1.54) is 38.5 Å². The highest BCUT2D eigenvalue weighted by Gasteiger charge is 2.23. The molecule has 152 valence electrons. The first-order valence-electron chi connectivity index (χ1n) is 10.4. The summed E-state index contributed by atoms with van der Waals surface area (Å²) in [6.07, 6.45) is 9.76. The normalized spacial score (nSPS) is 19.8. The highest BCUT2D eigenvalue weighted by atomic mass is 19.2. The molecule has 4 heteroatoms. The quantitative estimate of drug-likeness (QED) is 0.257. The first-order valence-corrected chi connectivity index (χ1v) is 10.4. The van der Waals surface area contributed by atoms with Gasteiger partial charge in [-0.15, -0.1) is 0 Å². The van der Waals surface area contributed by atoms with Crippen LogP contribution in [0, 0.1) is 29.2 Å². The largest absolute Gasteiger partial charge is 0.207 e. The lowest BCUT2D eigenvalue weighted by atomic mass is 9.77. The fraction of sp³-hybridized carbons (Fsp3) is 0.500. The number of hydrogen-bond donors (Lipinski definition) is 0. The maximum atomic E-state index is 14.6. The Kier molecular flexibility index (Phi) is 7.14. The molecule has 1 aliphatic carbocycles. The molecule has 1 fully saturated rings. The predicted octanol–water partition coefficient (Wildman–Crippen LogP) is 7.69. The molecule has 0 nitrogen and oxygen atoms in total. The van der Waals surface area contributed by atoms with E-state index in [1.54, 1.807) is 12.1 Å². The van der Waals surface area contributed by atoms with Crippen molar-refractivity contribution in [3.63, 3.8) is 0 Å². The third kappa shape index (κ3) is 5.15. The van der Waals surface area contributed by atoms with Crippen LogP contribution >= 0.6 is 0 Å². The number of unbranched alkanes of at least 4 members (excludes halogenated alkanes) is 2. The van der Waals surface area contributed by atoms with Crippen molar-refractivity contribution < 1.29 is 17.6 Å². The molecule has 0 aromatic heterocycles. The smallest absolute Gasteiger partial charge is 0.194 e. The number of halogens is 4. The van der Waals surface area contributed by atoms with Gasteiger partial charge < -0.3 is 0 Å². The number of rotatable bonds is 7. The molecule has 2 aromatic rings. The molecule has 0 amide bonds. The Morgan fingerprint density at radius 3 is 2.11 bits per heavy atom. The molecule has 2 aromatic carbocycles. The van der Waals surface area contributed by atoms with Crippen molar-refractivity contribution >= 4 is 0 Å². The van der Waals surface area contributed by atoms with Crippen LogP contribution in [0.2, 0.25) is 0 Å². The summed E-state index contributed by atoms with van der Waals surface area (Å²) < 4.78 is 54.4. The first kappa shape index (κ1) is 20.9. The maximum absolute atomic E-state index is 14.6. The molecule has 0 spiro atoms. The zero-order chi connectivity index (χ0) is 20.1. The van der Waals surface area contributed by atoms with E-state index >= 15 is 0 Å². The van der Waals surface area contributed by atoms with Crippen molar-refractivity contribution in [1.29, 1.82) is 0 Å². The van der Waals surface area contributed by atoms with Gasteiger partial charge in [-0.2, -0.15) is 0 Å². The monoisotopic (exact) mass is 392 g/mol. The first-order chi connectivity index (χ1) is 13.5. The summed E-state index contributed by atoms with van der Waals surface area (Å²) in [5.41, 5.74) is 1.59. The number of hydrogen-bond acceptors (Lipinski definition) is 0. The number of benzene rings is 2. The maximum Gasteiger partial charge on any atom is 0.194 e. The van der Waals surface area contributed by atoms with E-state index in [2.05, 4.69) is 6.92 Å².